The maximum Gasteiger partial charge on any atom is 0.175 e. The van der Waals surface area contributed by atoms with E-state index in [0.29, 0.717) is 17.2 Å². The van der Waals surface area contributed by atoms with Crippen molar-refractivity contribution < 1.29 is 23.0 Å². The number of ether oxygens (including phenoxy) is 2. The molecule has 0 aliphatic rings. The minimum Gasteiger partial charge on any atom is -0.488 e. The standard InChI is InChI=1S/C17H20O5S/c1-12-8-15(21-13(2)11-18)10-16(9-12)22-14-4-6-17(7-5-14)23(3,19)20/h4-10,13,18H,11H2,1-3H3/t13-/m0/s1. The van der Waals surface area contributed by atoms with Crippen LogP contribution in [-0.4, -0.2) is 32.5 Å². The highest BCUT2D eigenvalue weighted by Crippen LogP contribution is 2.28. The quantitative estimate of drug-likeness (QED) is 0.878. The van der Waals surface area contributed by atoms with Gasteiger partial charge in [0.2, 0.25) is 0 Å². The summed E-state index contributed by atoms with van der Waals surface area (Å²) in [6.07, 6.45) is 0.855. The van der Waals surface area contributed by atoms with Crippen molar-refractivity contribution >= 4 is 9.84 Å². The summed E-state index contributed by atoms with van der Waals surface area (Å²) in [5.41, 5.74) is 0.954. The summed E-state index contributed by atoms with van der Waals surface area (Å²) in [4.78, 5) is 0.245. The van der Waals surface area contributed by atoms with Gasteiger partial charge in [-0.2, -0.15) is 0 Å². The van der Waals surface area contributed by atoms with E-state index in [1.165, 1.54) is 12.1 Å². The molecule has 0 aliphatic carbocycles. The molecule has 5 nitrogen and oxygen atoms in total. The van der Waals surface area contributed by atoms with E-state index < -0.39 is 9.84 Å². The first-order chi connectivity index (χ1) is 10.8. The van der Waals surface area contributed by atoms with Crippen LogP contribution >= 0.6 is 0 Å². The molecular weight excluding hydrogens is 316 g/mol. The fourth-order valence-corrected chi connectivity index (χ4v) is 2.63. The Labute approximate surface area is 136 Å². The zero-order valence-corrected chi connectivity index (χ0v) is 14.1. The second-order valence-electron chi connectivity index (χ2n) is 5.44. The average Bonchev–Trinajstić information content (AvgIpc) is 2.46. The Hall–Kier alpha value is -2.05. The van der Waals surface area contributed by atoms with Crippen LogP contribution in [0.25, 0.3) is 0 Å². The number of rotatable bonds is 6. The van der Waals surface area contributed by atoms with Gasteiger partial charge in [0.05, 0.1) is 11.5 Å². The SMILES string of the molecule is Cc1cc(Oc2ccc(S(C)(=O)=O)cc2)cc(O[C@@H](C)CO)c1. The Balaban J connectivity index is 2.19. The van der Waals surface area contributed by atoms with Crippen LogP contribution in [0.3, 0.4) is 0 Å². The van der Waals surface area contributed by atoms with Crippen molar-refractivity contribution in [1.82, 2.24) is 0 Å². The minimum atomic E-state index is -3.22. The van der Waals surface area contributed by atoms with Crippen LogP contribution in [0.15, 0.2) is 47.4 Å². The van der Waals surface area contributed by atoms with E-state index in [1.807, 2.05) is 19.1 Å². The lowest BCUT2D eigenvalue weighted by molar-refractivity contribution is 0.129. The predicted octanol–water partition coefficient (Wildman–Crippen LogP) is 2.95. The minimum absolute atomic E-state index is 0.0723. The van der Waals surface area contributed by atoms with Crippen LogP contribution in [0.1, 0.15) is 12.5 Å². The number of hydrogen-bond donors (Lipinski definition) is 1. The topological polar surface area (TPSA) is 72.8 Å². The van der Waals surface area contributed by atoms with Crippen LogP contribution in [-0.2, 0) is 9.84 Å². The van der Waals surface area contributed by atoms with Gasteiger partial charge in [-0.1, -0.05) is 0 Å². The van der Waals surface area contributed by atoms with Gasteiger partial charge in [0, 0.05) is 12.3 Å². The van der Waals surface area contributed by atoms with Crippen molar-refractivity contribution in [2.45, 2.75) is 24.8 Å². The molecule has 0 aromatic heterocycles. The Bertz CT molecular complexity index is 766. The smallest absolute Gasteiger partial charge is 0.175 e. The highest BCUT2D eigenvalue weighted by Gasteiger charge is 2.08. The normalized spacial score (nSPS) is 12.7. The summed E-state index contributed by atoms with van der Waals surface area (Å²) in [5, 5.41) is 9.06. The van der Waals surface area contributed by atoms with Crippen molar-refractivity contribution in [2.24, 2.45) is 0 Å². The van der Waals surface area contributed by atoms with E-state index >= 15 is 0 Å². The van der Waals surface area contributed by atoms with E-state index in [-0.39, 0.29) is 17.6 Å². The molecule has 0 unspecified atom stereocenters. The van der Waals surface area contributed by atoms with Crippen LogP contribution in [0.5, 0.6) is 17.2 Å². The van der Waals surface area contributed by atoms with Crippen molar-refractivity contribution in [2.75, 3.05) is 12.9 Å². The molecule has 2 aromatic carbocycles. The Kier molecular flexibility index (Phi) is 5.28. The van der Waals surface area contributed by atoms with E-state index in [2.05, 4.69) is 0 Å². The fraction of sp³-hybridized carbons (Fsp3) is 0.294. The van der Waals surface area contributed by atoms with Gasteiger partial charge in [-0.3, -0.25) is 0 Å². The largest absolute Gasteiger partial charge is 0.488 e. The lowest BCUT2D eigenvalue weighted by atomic mass is 10.2. The second-order valence-corrected chi connectivity index (χ2v) is 7.45. The molecule has 0 amide bonds. The maximum atomic E-state index is 11.4. The van der Waals surface area contributed by atoms with E-state index in [0.717, 1.165) is 11.8 Å². The third kappa shape index (κ3) is 4.97. The molecule has 0 bridgehead atoms. The summed E-state index contributed by atoms with van der Waals surface area (Å²) in [6, 6.07) is 11.7. The number of aryl methyl sites for hydroxylation is 1. The summed E-state index contributed by atoms with van der Waals surface area (Å²) >= 11 is 0. The molecule has 23 heavy (non-hydrogen) atoms. The summed E-state index contributed by atoms with van der Waals surface area (Å²) < 4.78 is 34.2. The highest BCUT2D eigenvalue weighted by molar-refractivity contribution is 7.90. The monoisotopic (exact) mass is 336 g/mol. The number of benzene rings is 2. The Morgan fingerprint density at radius 3 is 2.22 bits per heavy atom. The van der Waals surface area contributed by atoms with Gasteiger partial charge in [0.1, 0.15) is 23.4 Å². The molecule has 0 saturated carbocycles. The van der Waals surface area contributed by atoms with Crippen LogP contribution in [0.4, 0.5) is 0 Å². The summed E-state index contributed by atoms with van der Waals surface area (Å²) in [7, 11) is -3.22. The molecule has 0 saturated heterocycles. The molecule has 0 spiro atoms. The molecule has 0 heterocycles. The average molecular weight is 336 g/mol. The van der Waals surface area contributed by atoms with Gasteiger partial charge in [0.25, 0.3) is 0 Å². The van der Waals surface area contributed by atoms with Crippen LogP contribution in [0, 0.1) is 6.92 Å². The van der Waals surface area contributed by atoms with Gasteiger partial charge in [0.15, 0.2) is 9.84 Å². The van der Waals surface area contributed by atoms with Gasteiger partial charge < -0.3 is 14.6 Å². The molecule has 0 radical (unpaired) electrons. The van der Waals surface area contributed by atoms with Crippen molar-refractivity contribution in [3.8, 4) is 17.2 Å². The molecule has 0 aliphatic heterocycles. The molecule has 1 atom stereocenters. The number of sulfone groups is 1. The van der Waals surface area contributed by atoms with E-state index in [9.17, 15) is 8.42 Å². The van der Waals surface area contributed by atoms with E-state index in [1.54, 1.807) is 25.1 Å². The molecule has 1 N–H and O–H groups in total. The molecule has 2 aromatic rings. The molecule has 6 heteroatoms. The molecule has 124 valence electrons. The third-order valence-corrected chi connectivity index (χ3v) is 4.23. The number of aliphatic hydroxyl groups excluding tert-OH is 1. The first-order valence-corrected chi connectivity index (χ1v) is 9.04. The molecule has 0 fully saturated rings. The van der Waals surface area contributed by atoms with Gasteiger partial charge in [-0.25, -0.2) is 8.42 Å². The van der Waals surface area contributed by atoms with Gasteiger partial charge in [-0.15, -0.1) is 0 Å². The number of hydrogen-bond acceptors (Lipinski definition) is 5. The zero-order valence-electron chi connectivity index (χ0n) is 13.3. The van der Waals surface area contributed by atoms with Crippen molar-refractivity contribution in [3.05, 3.63) is 48.0 Å². The lowest BCUT2D eigenvalue weighted by Gasteiger charge is -2.14. The zero-order chi connectivity index (χ0) is 17.0. The van der Waals surface area contributed by atoms with Crippen LogP contribution in [0.2, 0.25) is 0 Å². The predicted molar refractivity (Wildman–Crippen MR) is 88.0 cm³/mol. The maximum absolute atomic E-state index is 11.4. The molecular formula is C17H20O5S. The summed E-state index contributed by atoms with van der Waals surface area (Å²) in [5.74, 6) is 1.72. The Morgan fingerprint density at radius 1 is 1.04 bits per heavy atom. The lowest BCUT2D eigenvalue weighted by Crippen LogP contribution is -2.16. The fourth-order valence-electron chi connectivity index (χ4n) is 2.00. The highest BCUT2D eigenvalue weighted by atomic mass is 32.2. The van der Waals surface area contributed by atoms with E-state index in [4.69, 9.17) is 14.6 Å². The Morgan fingerprint density at radius 2 is 1.65 bits per heavy atom. The third-order valence-electron chi connectivity index (χ3n) is 3.11. The second kappa shape index (κ2) is 7.02. The molecule has 2 rings (SSSR count). The van der Waals surface area contributed by atoms with Gasteiger partial charge >= 0.3 is 0 Å². The first kappa shape index (κ1) is 17.3. The number of aliphatic hydroxyl groups is 1. The first-order valence-electron chi connectivity index (χ1n) is 7.15. The van der Waals surface area contributed by atoms with Crippen LogP contribution < -0.4 is 9.47 Å². The van der Waals surface area contributed by atoms with Gasteiger partial charge in [-0.05, 0) is 55.8 Å². The van der Waals surface area contributed by atoms with Crippen molar-refractivity contribution in [3.63, 3.8) is 0 Å². The summed E-state index contributed by atoms with van der Waals surface area (Å²) in [6.45, 7) is 3.61. The van der Waals surface area contributed by atoms with Crippen molar-refractivity contribution in [1.29, 1.82) is 0 Å².